The minimum absolute atomic E-state index is 0.648. The molecule has 44 valence electrons. The van der Waals surface area contributed by atoms with Crippen LogP contribution in [0.15, 0.2) is 12.2 Å². The molecule has 0 N–H and O–H groups in total. The molecular weight excluding hydrogens is 116 g/mol. The van der Waals surface area contributed by atoms with Gasteiger partial charge in [-0.25, -0.2) is 0 Å². The highest BCUT2D eigenvalue weighted by Crippen LogP contribution is 2.14. The van der Waals surface area contributed by atoms with Gasteiger partial charge in [-0.1, -0.05) is 31.3 Å². The Labute approximate surface area is 55.6 Å². The first-order valence-electron chi connectivity index (χ1n) is 3.01. The van der Waals surface area contributed by atoms with Gasteiger partial charge in [-0.2, -0.15) is 0 Å². The predicted molar refractivity (Wildman–Crippen MR) is 40.1 cm³/mol. The Morgan fingerprint density at radius 1 is 1.75 bits per heavy atom. The van der Waals surface area contributed by atoms with E-state index >= 15 is 0 Å². The maximum absolute atomic E-state index is 5.04. The van der Waals surface area contributed by atoms with E-state index in [0.717, 1.165) is 4.86 Å². The molecule has 1 aliphatic carbocycles. The Morgan fingerprint density at radius 2 is 2.50 bits per heavy atom. The van der Waals surface area contributed by atoms with Crippen LogP contribution < -0.4 is 0 Å². The highest BCUT2D eigenvalue weighted by atomic mass is 32.1. The molecule has 1 atom stereocenters. The van der Waals surface area contributed by atoms with Crippen LogP contribution in [0.1, 0.15) is 19.8 Å². The van der Waals surface area contributed by atoms with Crippen LogP contribution in [0, 0.1) is 5.92 Å². The fourth-order valence-electron chi connectivity index (χ4n) is 0.852. The van der Waals surface area contributed by atoms with Gasteiger partial charge in [0.2, 0.25) is 0 Å². The zero-order valence-electron chi connectivity index (χ0n) is 5.05. The van der Waals surface area contributed by atoms with Crippen molar-refractivity contribution in [2.45, 2.75) is 19.8 Å². The van der Waals surface area contributed by atoms with Gasteiger partial charge in [-0.3, -0.25) is 0 Å². The van der Waals surface area contributed by atoms with Crippen LogP contribution in [0.25, 0.3) is 0 Å². The Hall–Kier alpha value is -0.170. The lowest BCUT2D eigenvalue weighted by Gasteiger charge is -2.11. The van der Waals surface area contributed by atoms with Gasteiger partial charge in [0.05, 0.1) is 0 Å². The first-order valence-corrected chi connectivity index (χ1v) is 3.42. The van der Waals surface area contributed by atoms with E-state index in [1.165, 1.54) is 12.8 Å². The van der Waals surface area contributed by atoms with E-state index in [-0.39, 0.29) is 0 Å². The third kappa shape index (κ3) is 1.16. The normalized spacial score (nSPS) is 28.6. The molecule has 1 unspecified atom stereocenters. The molecule has 0 spiro atoms. The smallest absolute Gasteiger partial charge is 0.0177 e. The molecule has 0 aliphatic heterocycles. The third-order valence-corrected chi connectivity index (χ3v) is 2.07. The van der Waals surface area contributed by atoms with Crippen LogP contribution in [-0.2, 0) is 0 Å². The zero-order chi connectivity index (χ0) is 5.98. The van der Waals surface area contributed by atoms with E-state index in [4.69, 9.17) is 12.2 Å². The van der Waals surface area contributed by atoms with Crippen molar-refractivity contribution in [3.05, 3.63) is 12.2 Å². The highest BCUT2D eigenvalue weighted by Gasteiger charge is 2.07. The third-order valence-electron chi connectivity index (χ3n) is 1.53. The average molecular weight is 126 g/mol. The highest BCUT2D eigenvalue weighted by molar-refractivity contribution is 7.80. The largest absolute Gasteiger partial charge is 0.0846 e. The first kappa shape index (κ1) is 5.96. The second-order valence-electron chi connectivity index (χ2n) is 2.28. The topological polar surface area (TPSA) is 0 Å². The molecule has 8 heavy (non-hydrogen) atoms. The number of thiocarbonyl (C=S) groups is 1. The maximum Gasteiger partial charge on any atom is 0.0177 e. The molecule has 0 fully saturated rings. The SMILES string of the molecule is CC1CCC=CC1=S. The van der Waals surface area contributed by atoms with Crippen LogP contribution in [0.3, 0.4) is 0 Å². The van der Waals surface area contributed by atoms with E-state index in [1.807, 2.05) is 0 Å². The minimum Gasteiger partial charge on any atom is -0.0846 e. The Balaban J connectivity index is 2.60. The molecule has 0 bridgehead atoms. The average Bonchev–Trinajstić information content (AvgIpc) is 1.77. The summed E-state index contributed by atoms with van der Waals surface area (Å²) >= 11 is 5.04. The van der Waals surface area contributed by atoms with E-state index in [2.05, 4.69) is 19.1 Å². The lowest BCUT2D eigenvalue weighted by molar-refractivity contribution is 0.693. The Kier molecular flexibility index (Phi) is 1.79. The molecule has 0 aromatic carbocycles. The number of rotatable bonds is 0. The quantitative estimate of drug-likeness (QED) is 0.449. The van der Waals surface area contributed by atoms with Gasteiger partial charge in [0.1, 0.15) is 0 Å². The summed E-state index contributed by atoms with van der Waals surface area (Å²) < 4.78 is 0. The molecule has 0 aromatic rings. The van der Waals surface area contributed by atoms with Gasteiger partial charge in [-0.15, -0.1) is 0 Å². The fourth-order valence-corrected chi connectivity index (χ4v) is 1.07. The van der Waals surface area contributed by atoms with E-state index in [1.54, 1.807) is 0 Å². The predicted octanol–water partition coefficient (Wildman–Crippen LogP) is 2.34. The number of hydrogen-bond acceptors (Lipinski definition) is 1. The van der Waals surface area contributed by atoms with Gasteiger partial charge >= 0.3 is 0 Å². The van der Waals surface area contributed by atoms with Gasteiger partial charge < -0.3 is 0 Å². The van der Waals surface area contributed by atoms with Crippen LogP contribution in [0.4, 0.5) is 0 Å². The molecule has 1 rings (SSSR count). The van der Waals surface area contributed by atoms with Crippen molar-refractivity contribution in [2.24, 2.45) is 5.92 Å². The van der Waals surface area contributed by atoms with Gasteiger partial charge in [0.25, 0.3) is 0 Å². The molecule has 1 aliphatic rings. The monoisotopic (exact) mass is 126 g/mol. The second-order valence-corrected chi connectivity index (χ2v) is 2.75. The van der Waals surface area contributed by atoms with E-state index in [0.29, 0.717) is 5.92 Å². The van der Waals surface area contributed by atoms with Gasteiger partial charge in [0.15, 0.2) is 0 Å². The molecule has 0 nitrogen and oxygen atoms in total. The molecule has 0 heterocycles. The molecule has 0 amide bonds. The summed E-state index contributed by atoms with van der Waals surface area (Å²) in [6.45, 7) is 2.19. The summed E-state index contributed by atoms with van der Waals surface area (Å²) in [6, 6.07) is 0. The molecular formula is C7H10S. The van der Waals surface area contributed by atoms with Crippen molar-refractivity contribution in [1.82, 2.24) is 0 Å². The summed E-state index contributed by atoms with van der Waals surface area (Å²) in [6.07, 6.45) is 6.67. The second kappa shape index (κ2) is 2.40. The van der Waals surface area contributed by atoms with Gasteiger partial charge in [0, 0.05) is 4.86 Å². The van der Waals surface area contributed by atoms with Crippen LogP contribution in [-0.4, -0.2) is 4.86 Å². The van der Waals surface area contributed by atoms with E-state index in [9.17, 15) is 0 Å². The molecule has 0 saturated carbocycles. The Bertz CT molecular complexity index is 124. The van der Waals surface area contributed by atoms with E-state index < -0.39 is 0 Å². The summed E-state index contributed by atoms with van der Waals surface area (Å²) in [7, 11) is 0. The fraction of sp³-hybridized carbons (Fsp3) is 0.571. The molecule has 0 radical (unpaired) electrons. The zero-order valence-corrected chi connectivity index (χ0v) is 5.87. The molecule has 0 saturated heterocycles. The van der Waals surface area contributed by atoms with Crippen molar-refractivity contribution in [2.75, 3.05) is 0 Å². The number of allylic oxidation sites excluding steroid dienone is 2. The summed E-state index contributed by atoms with van der Waals surface area (Å²) in [5, 5.41) is 0. The Morgan fingerprint density at radius 3 is 2.88 bits per heavy atom. The van der Waals surface area contributed by atoms with Crippen molar-refractivity contribution in [3.63, 3.8) is 0 Å². The standard InChI is InChI=1S/C7H10S/c1-6-4-2-3-5-7(6)8/h3,5-6H,2,4H2,1H3. The van der Waals surface area contributed by atoms with Crippen molar-refractivity contribution in [3.8, 4) is 0 Å². The van der Waals surface area contributed by atoms with Crippen molar-refractivity contribution < 1.29 is 0 Å². The van der Waals surface area contributed by atoms with Crippen molar-refractivity contribution >= 4 is 17.1 Å². The molecule has 0 aromatic heterocycles. The van der Waals surface area contributed by atoms with Crippen LogP contribution in [0.2, 0.25) is 0 Å². The van der Waals surface area contributed by atoms with Crippen LogP contribution in [0.5, 0.6) is 0 Å². The summed E-state index contributed by atoms with van der Waals surface area (Å²) in [5.41, 5.74) is 0. The van der Waals surface area contributed by atoms with Gasteiger partial charge in [-0.05, 0) is 18.8 Å². The maximum atomic E-state index is 5.04. The first-order chi connectivity index (χ1) is 3.80. The van der Waals surface area contributed by atoms with Crippen molar-refractivity contribution in [1.29, 1.82) is 0 Å². The number of hydrogen-bond donors (Lipinski definition) is 0. The minimum atomic E-state index is 0.648. The lowest BCUT2D eigenvalue weighted by Crippen LogP contribution is -2.08. The summed E-state index contributed by atoms with van der Waals surface area (Å²) in [4.78, 5) is 1.12. The molecule has 1 heteroatoms. The summed E-state index contributed by atoms with van der Waals surface area (Å²) in [5.74, 6) is 0.648. The lowest BCUT2D eigenvalue weighted by atomic mass is 9.96. The van der Waals surface area contributed by atoms with Crippen LogP contribution >= 0.6 is 12.2 Å².